The largest absolute Gasteiger partial charge is 0.457 e. The van der Waals surface area contributed by atoms with Gasteiger partial charge in [0.2, 0.25) is 17.8 Å². The first-order valence-electron chi connectivity index (χ1n) is 20.4. The van der Waals surface area contributed by atoms with E-state index in [0.29, 0.717) is 98.8 Å². The number of carbonyl (C=O) groups excluding carboxylic acids is 4. The summed E-state index contributed by atoms with van der Waals surface area (Å²) in [7, 11) is 1.48. The van der Waals surface area contributed by atoms with Crippen molar-refractivity contribution in [2.24, 2.45) is 0 Å². The van der Waals surface area contributed by atoms with Crippen molar-refractivity contribution < 1.29 is 63.8 Å². The monoisotopic (exact) mass is 989 g/mol. The van der Waals surface area contributed by atoms with Crippen LogP contribution in [0.5, 0.6) is 23.0 Å². The van der Waals surface area contributed by atoms with E-state index in [1.165, 1.54) is 38.2 Å². The summed E-state index contributed by atoms with van der Waals surface area (Å²) in [5, 5.41) is 16.4. The molecule has 9 N–H and O–H groups in total. The molecule has 7 amide bonds. The molecule has 0 aliphatic heterocycles. The van der Waals surface area contributed by atoms with Gasteiger partial charge < -0.3 is 46.0 Å². The molecule has 0 aliphatic rings. The minimum absolute atomic E-state index is 0.261. The second-order valence-corrected chi connectivity index (χ2v) is 14.7. The number of nitrogens with zero attached hydrogens (tertiary/aromatic N) is 2. The number of benzene rings is 6. The number of carbonyl (C=O) groups is 4. The van der Waals surface area contributed by atoms with Gasteiger partial charge in [0, 0.05) is 37.5 Å². The number of hydrogen-bond acceptors (Lipinski definition) is 8. The van der Waals surface area contributed by atoms with Crippen LogP contribution in [0.15, 0.2) is 121 Å². The molecule has 0 fully saturated rings. The number of aromatic amines is 2. The lowest BCUT2D eigenvalue weighted by Gasteiger charge is -2.12. The predicted molar refractivity (Wildman–Crippen MR) is 246 cm³/mol. The summed E-state index contributed by atoms with van der Waals surface area (Å²) in [5.74, 6) is 0.104. The van der Waals surface area contributed by atoms with E-state index in [2.05, 4.69) is 57.2 Å². The Morgan fingerprint density at radius 3 is 1.25 bits per heavy atom. The zero-order chi connectivity index (χ0) is 51.0. The van der Waals surface area contributed by atoms with Gasteiger partial charge in [-0.2, -0.15) is 26.3 Å². The molecule has 0 aliphatic carbocycles. The van der Waals surface area contributed by atoms with Gasteiger partial charge in [0.05, 0.1) is 44.6 Å². The summed E-state index contributed by atoms with van der Waals surface area (Å²) in [6.07, 6.45) is -9.35. The number of anilines is 6. The van der Waals surface area contributed by atoms with E-state index in [1.54, 1.807) is 60.7 Å². The van der Waals surface area contributed by atoms with E-state index >= 15 is 0 Å². The molecule has 0 bridgehead atoms. The van der Waals surface area contributed by atoms with Crippen LogP contribution in [-0.4, -0.2) is 51.0 Å². The van der Waals surface area contributed by atoms with Crippen LogP contribution in [-0.2, 0) is 17.1 Å². The fraction of sp³-hybridized carbons (Fsp3) is 0.0870. The Morgan fingerprint density at radius 1 is 0.479 bits per heavy atom. The molecule has 366 valence electrons. The quantitative estimate of drug-likeness (QED) is 0.0597. The Kier molecular flexibility index (Phi) is 14.5. The Morgan fingerprint density at radius 2 is 0.873 bits per heavy atom. The van der Waals surface area contributed by atoms with Crippen molar-refractivity contribution in [1.82, 2.24) is 25.3 Å². The maximum absolute atomic E-state index is 13.8. The number of aromatic nitrogens is 4. The Balaban J connectivity index is 0.000000209. The van der Waals surface area contributed by atoms with Crippen LogP contribution >= 0.6 is 0 Å². The molecule has 2 heterocycles. The number of alkyl halides is 6. The van der Waals surface area contributed by atoms with Gasteiger partial charge in [-0.05, 0) is 109 Å². The maximum Gasteiger partial charge on any atom is 0.416 e. The molecule has 17 nitrogen and oxygen atoms in total. The van der Waals surface area contributed by atoms with E-state index < -0.39 is 64.6 Å². The molecular weight excluding hydrogens is 955 g/mol. The lowest BCUT2D eigenvalue weighted by atomic mass is 10.2. The Labute approximate surface area is 394 Å². The minimum Gasteiger partial charge on any atom is -0.457 e. The summed E-state index contributed by atoms with van der Waals surface area (Å²) in [5.41, 5.74) is -0.298. The van der Waals surface area contributed by atoms with Gasteiger partial charge in [0.15, 0.2) is 0 Å². The standard InChI is InChI=1S/C23H18F4N6O3.C23H17F4N5O3/c1-28-21(34)33-20-30-17-9-7-15(11-19(17)31-20)36-14-5-3-13(4-6-14)29-22(35)32-18-10-12(23(25,26)27)2-8-16(18)24;1-12(33)28-21-30-18-9-7-16(11-20(18)31-21)35-15-5-3-14(4-6-15)29-22(34)32-19-10-13(23(25,26)27)2-8-17(19)24/h2-11H,1H3,(H2,29,32,35)(H3,28,30,31,33,34);2-11H,1H3,(H2,29,32,34)(H2,28,30,31,33). The number of rotatable bonds is 10. The molecule has 0 unspecified atom stereocenters. The Bertz CT molecular complexity index is 3250. The number of imidazole rings is 2. The molecule has 71 heavy (non-hydrogen) atoms. The van der Waals surface area contributed by atoms with E-state index in [4.69, 9.17) is 9.47 Å². The molecule has 0 saturated heterocycles. The summed E-state index contributed by atoms with van der Waals surface area (Å²) >= 11 is 0. The first-order chi connectivity index (χ1) is 33.7. The number of hydrogen-bond donors (Lipinski definition) is 9. The van der Waals surface area contributed by atoms with E-state index in [9.17, 15) is 54.3 Å². The van der Waals surface area contributed by atoms with E-state index in [1.807, 2.05) is 0 Å². The van der Waals surface area contributed by atoms with Gasteiger partial charge >= 0.3 is 30.4 Å². The smallest absolute Gasteiger partial charge is 0.416 e. The molecule has 8 aromatic rings. The third kappa shape index (κ3) is 13.4. The third-order valence-corrected chi connectivity index (χ3v) is 9.44. The Hall–Kier alpha value is -9.42. The third-order valence-electron chi connectivity index (χ3n) is 9.44. The molecule has 0 spiro atoms. The zero-order valence-corrected chi connectivity index (χ0v) is 36.4. The molecule has 6 aromatic carbocycles. The van der Waals surface area contributed by atoms with Crippen molar-refractivity contribution >= 4 is 80.7 Å². The van der Waals surface area contributed by atoms with Crippen LogP contribution in [0.25, 0.3) is 22.1 Å². The van der Waals surface area contributed by atoms with Crippen molar-refractivity contribution in [2.75, 3.05) is 38.9 Å². The highest BCUT2D eigenvalue weighted by Gasteiger charge is 2.32. The van der Waals surface area contributed by atoms with Gasteiger partial charge in [-0.3, -0.25) is 15.4 Å². The van der Waals surface area contributed by atoms with Crippen LogP contribution < -0.4 is 46.7 Å². The zero-order valence-electron chi connectivity index (χ0n) is 36.4. The molecule has 0 saturated carbocycles. The number of nitrogens with one attached hydrogen (secondary N) is 9. The summed E-state index contributed by atoms with van der Waals surface area (Å²) in [6, 6.07) is 23.5. The maximum atomic E-state index is 13.8. The number of urea groups is 3. The average Bonchev–Trinajstić information content (AvgIpc) is 3.90. The number of amides is 7. The number of halogens is 8. The SMILES string of the molecule is CC(=O)Nc1nc2ccc(Oc3ccc(NC(=O)Nc4cc(C(F)(F)F)ccc4F)cc3)cc2[nH]1.CNC(=O)Nc1nc2ccc(Oc3ccc(NC(=O)Nc4cc(C(F)(F)F)ccc4F)cc3)cc2[nH]1. The molecule has 2 aromatic heterocycles. The second-order valence-electron chi connectivity index (χ2n) is 14.7. The van der Waals surface area contributed by atoms with Crippen molar-refractivity contribution in [2.45, 2.75) is 19.3 Å². The summed E-state index contributed by atoms with van der Waals surface area (Å²) < 4.78 is 116. The number of ether oxygens (including phenoxy) is 2. The first-order valence-corrected chi connectivity index (χ1v) is 20.4. The predicted octanol–water partition coefficient (Wildman–Crippen LogP) is 12.0. The van der Waals surface area contributed by atoms with Gasteiger partial charge in [-0.25, -0.2) is 33.1 Å². The fourth-order valence-electron chi connectivity index (χ4n) is 6.21. The van der Waals surface area contributed by atoms with E-state index in [-0.39, 0.29) is 11.9 Å². The average molecular weight is 990 g/mol. The summed E-state index contributed by atoms with van der Waals surface area (Å²) in [6.45, 7) is 1.37. The second kappa shape index (κ2) is 20.8. The minimum atomic E-state index is -4.68. The molecular formula is C46H35F8N11O6. The molecule has 25 heteroatoms. The van der Waals surface area contributed by atoms with Crippen molar-refractivity contribution in [1.29, 1.82) is 0 Å². The summed E-state index contributed by atoms with van der Waals surface area (Å²) in [4.78, 5) is 61.2. The van der Waals surface area contributed by atoms with Crippen LogP contribution in [0.3, 0.4) is 0 Å². The van der Waals surface area contributed by atoms with Crippen LogP contribution in [0, 0.1) is 11.6 Å². The highest BCUT2D eigenvalue weighted by atomic mass is 19.4. The molecule has 0 radical (unpaired) electrons. The first kappa shape index (κ1) is 49.5. The molecule has 0 atom stereocenters. The fourth-order valence-corrected chi connectivity index (χ4v) is 6.21. The highest BCUT2D eigenvalue weighted by Crippen LogP contribution is 2.34. The van der Waals surface area contributed by atoms with Gasteiger partial charge in [0.1, 0.15) is 34.6 Å². The van der Waals surface area contributed by atoms with Crippen LogP contribution in [0.1, 0.15) is 18.1 Å². The molecule has 8 rings (SSSR count). The van der Waals surface area contributed by atoms with Gasteiger partial charge in [-0.1, -0.05) is 0 Å². The van der Waals surface area contributed by atoms with Gasteiger partial charge in [0.25, 0.3) is 0 Å². The van der Waals surface area contributed by atoms with Crippen molar-refractivity contribution in [3.8, 4) is 23.0 Å². The topological polar surface area (TPSA) is 228 Å². The number of H-pyrrole nitrogens is 2. The van der Waals surface area contributed by atoms with Crippen LogP contribution in [0.2, 0.25) is 0 Å². The lowest BCUT2D eigenvalue weighted by Crippen LogP contribution is -2.24. The highest BCUT2D eigenvalue weighted by molar-refractivity contribution is 6.00. The van der Waals surface area contributed by atoms with Crippen molar-refractivity contribution in [3.63, 3.8) is 0 Å². The lowest BCUT2D eigenvalue weighted by molar-refractivity contribution is -0.138. The van der Waals surface area contributed by atoms with Gasteiger partial charge in [-0.15, -0.1) is 0 Å². The number of fused-ring (bicyclic) bond motifs is 2. The van der Waals surface area contributed by atoms with E-state index in [0.717, 1.165) is 0 Å². The van der Waals surface area contributed by atoms with Crippen LogP contribution in [0.4, 0.5) is 84.2 Å². The van der Waals surface area contributed by atoms with Crippen molar-refractivity contribution in [3.05, 3.63) is 144 Å². The normalized spacial score (nSPS) is 11.2.